The van der Waals surface area contributed by atoms with Crippen LogP contribution in [0.15, 0.2) is 36.3 Å². The van der Waals surface area contributed by atoms with Crippen LogP contribution in [0.2, 0.25) is 5.02 Å². The Kier molecular flexibility index (Phi) is 2.87. The number of benzene rings is 1. The van der Waals surface area contributed by atoms with E-state index in [9.17, 15) is 0 Å². The van der Waals surface area contributed by atoms with Crippen molar-refractivity contribution >= 4 is 18.7 Å². The average molecular weight is 222 g/mol. The van der Waals surface area contributed by atoms with E-state index < -0.39 is 7.12 Å². The van der Waals surface area contributed by atoms with Crippen LogP contribution in [-0.2, 0) is 5.41 Å². The lowest BCUT2D eigenvalue weighted by Crippen LogP contribution is -2.09. The van der Waals surface area contributed by atoms with Crippen molar-refractivity contribution in [3.63, 3.8) is 0 Å². The summed E-state index contributed by atoms with van der Waals surface area (Å²) in [6.45, 7) is 0. The summed E-state index contributed by atoms with van der Waals surface area (Å²) in [5.74, 6) is 1.42. The average Bonchev–Trinajstić information content (AvgIpc) is 2.97. The van der Waals surface area contributed by atoms with E-state index in [1.165, 1.54) is 11.5 Å². The Balaban J connectivity index is 2.19. The molecule has 0 aliphatic heterocycles. The van der Waals surface area contributed by atoms with Crippen molar-refractivity contribution in [1.29, 1.82) is 0 Å². The molecule has 0 unspecified atom stereocenters. The fourth-order valence-corrected chi connectivity index (χ4v) is 1.86. The zero-order chi connectivity index (χ0) is 10.9. The highest BCUT2D eigenvalue weighted by atomic mass is 35.5. The van der Waals surface area contributed by atoms with Crippen LogP contribution in [-0.4, -0.2) is 17.2 Å². The van der Waals surface area contributed by atoms with Crippen LogP contribution in [0.25, 0.3) is 0 Å². The molecule has 0 heterocycles. The summed E-state index contributed by atoms with van der Waals surface area (Å²) in [5.41, 5.74) is 1.19. The summed E-state index contributed by atoms with van der Waals surface area (Å²) in [7, 11) is -1.37. The minimum Gasteiger partial charge on any atom is -0.424 e. The third-order valence-electron chi connectivity index (χ3n) is 2.80. The monoisotopic (exact) mass is 222 g/mol. The molecule has 1 aliphatic carbocycles. The van der Waals surface area contributed by atoms with E-state index in [2.05, 4.69) is 0 Å². The first kappa shape index (κ1) is 10.7. The Morgan fingerprint density at radius 2 is 1.80 bits per heavy atom. The van der Waals surface area contributed by atoms with Gasteiger partial charge in [0, 0.05) is 10.4 Å². The van der Waals surface area contributed by atoms with E-state index in [1.54, 1.807) is 0 Å². The quantitative estimate of drug-likeness (QED) is 0.768. The number of allylic oxidation sites excluding steroid dienone is 1. The molecule has 2 nitrogen and oxygen atoms in total. The van der Waals surface area contributed by atoms with Gasteiger partial charge in [-0.2, -0.15) is 0 Å². The SMILES string of the molecule is OB(O)/C=C/C1(c2ccc(Cl)cc2)CC1. The second kappa shape index (κ2) is 4.01. The molecule has 2 N–H and O–H groups in total. The lowest BCUT2D eigenvalue weighted by atomic mass is 9.86. The van der Waals surface area contributed by atoms with Gasteiger partial charge in [-0.1, -0.05) is 35.8 Å². The van der Waals surface area contributed by atoms with E-state index in [0.717, 1.165) is 17.9 Å². The molecule has 0 spiro atoms. The molecule has 0 aromatic heterocycles. The Morgan fingerprint density at radius 3 is 2.27 bits per heavy atom. The fourth-order valence-electron chi connectivity index (χ4n) is 1.74. The van der Waals surface area contributed by atoms with Crippen molar-refractivity contribution < 1.29 is 10.0 Å². The van der Waals surface area contributed by atoms with Gasteiger partial charge in [-0.15, -0.1) is 0 Å². The smallest absolute Gasteiger partial charge is 0.424 e. The highest BCUT2D eigenvalue weighted by Crippen LogP contribution is 2.49. The Labute approximate surface area is 94.3 Å². The Morgan fingerprint density at radius 1 is 1.20 bits per heavy atom. The van der Waals surface area contributed by atoms with Crippen molar-refractivity contribution in [2.24, 2.45) is 0 Å². The standard InChI is InChI=1S/C11H12BClO2/c13-10-3-1-9(2-4-10)11(5-6-11)7-8-12(14)15/h1-4,7-8,14-15H,5-6H2/b8-7+. The normalized spacial score (nSPS) is 18.1. The molecule has 78 valence electrons. The van der Waals surface area contributed by atoms with Crippen LogP contribution in [0.3, 0.4) is 0 Å². The van der Waals surface area contributed by atoms with Gasteiger partial charge >= 0.3 is 7.12 Å². The summed E-state index contributed by atoms with van der Waals surface area (Å²) in [5, 5.41) is 18.3. The van der Waals surface area contributed by atoms with Crippen molar-refractivity contribution in [3.8, 4) is 0 Å². The molecule has 0 amide bonds. The van der Waals surface area contributed by atoms with E-state index >= 15 is 0 Å². The number of hydrogen-bond acceptors (Lipinski definition) is 2. The summed E-state index contributed by atoms with van der Waals surface area (Å²) >= 11 is 5.81. The van der Waals surface area contributed by atoms with Crippen LogP contribution in [0.4, 0.5) is 0 Å². The van der Waals surface area contributed by atoms with Crippen LogP contribution in [0, 0.1) is 0 Å². The van der Waals surface area contributed by atoms with Crippen molar-refractivity contribution in [3.05, 3.63) is 46.9 Å². The number of hydrogen-bond donors (Lipinski definition) is 2. The van der Waals surface area contributed by atoms with Gasteiger partial charge in [0.05, 0.1) is 0 Å². The lowest BCUT2D eigenvalue weighted by molar-refractivity contribution is 0.423. The van der Waals surface area contributed by atoms with Gasteiger partial charge in [-0.25, -0.2) is 0 Å². The molecule has 15 heavy (non-hydrogen) atoms. The molecule has 1 aromatic rings. The second-order valence-electron chi connectivity index (χ2n) is 3.94. The molecule has 0 bridgehead atoms. The zero-order valence-electron chi connectivity index (χ0n) is 8.23. The van der Waals surface area contributed by atoms with Gasteiger partial charge in [0.2, 0.25) is 0 Å². The number of rotatable bonds is 3. The van der Waals surface area contributed by atoms with Crippen LogP contribution in [0.1, 0.15) is 18.4 Å². The van der Waals surface area contributed by atoms with Crippen LogP contribution >= 0.6 is 11.6 Å². The lowest BCUT2D eigenvalue weighted by Gasteiger charge is -2.10. The topological polar surface area (TPSA) is 40.5 Å². The predicted molar refractivity (Wildman–Crippen MR) is 61.7 cm³/mol. The van der Waals surface area contributed by atoms with Gasteiger partial charge in [-0.05, 0) is 30.5 Å². The maximum atomic E-state index is 8.78. The summed E-state index contributed by atoms with van der Waals surface area (Å²) in [6.07, 6.45) is 3.98. The fraction of sp³-hybridized carbons (Fsp3) is 0.273. The van der Waals surface area contributed by atoms with Crippen molar-refractivity contribution in [2.45, 2.75) is 18.3 Å². The first-order valence-corrected chi connectivity index (χ1v) is 5.32. The third-order valence-corrected chi connectivity index (χ3v) is 3.05. The van der Waals surface area contributed by atoms with E-state index in [-0.39, 0.29) is 5.41 Å². The van der Waals surface area contributed by atoms with E-state index in [1.807, 2.05) is 30.3 Å². The molecule has 0 atom stereocenters. The highest BCUT2D eigenvalue weighted by molar-refractivity contribution is 6.47. The second-order valence-corrected chi connectivity index (χ2v) is 4.37. The minimum absolute atomic E-state index is 0.00823. The molecule has 1 fully saturated rings. The van der Waals surface area contributed by atoms with Crippen molar-refractivity contribution in [2.75, 3.05) is 0 Å². The summed E-state index contributed by atoms with van der Waals surface area (Å²) in [4.78, 5) is 0. The van der Waals surface area contributed by atoms with Gasteiger partial charge < -0.3 is 10.0 Å². The van der Waals surface area contributed by atoms with Gasteiger partial charge in [-0.3, -0.25) is 0 Å². The largest absolute Gasteiger partial charge is 0.480 e. The summed E-state index contributed by atoms with van der Waals surface area (Å²) in [6, 6.07) is 7.70. The van der Waals surface area contributed by atoms with E-state index in [0.29, 0.717) is 0 Å². The highest BCUT2D eigenvalue weighted by Gasteiger charge is 2.41. The number of halogens is 1. The third kappa shape index (κ3) is 2.43. The Hall–Kier alpha value is -0.765. The molecule has 1 aliphatic rings. The van der Waals surface area contributed by atoms with Crippen molar-refractivity contribution in [1.82, 2.24) is 0 Å². The van der Waals surface area contributed by atoms with Crippen LogP contribution < -0.4 is 0 Å². The first-order chi connectivity index (χ1) is 7.12. The summed E-state index contributed by atoms with van der Waals surface area (Å²) < 4.78 is 0. The van der Waals surface area contributed by atoms with E-state index in [4.69, 9.17) is 21.6 Å². The van der Waals surface area contributed by atoms with Crippen LogP contribution in [0.5, 0.6) is 0 Å². The minimum atomic E-state index is -1.37. The first-order valence-electron chi connectivity index (χ1n) is 4.94. The Bertz CT molecular complexity index is 369. The predicted octanol–water partition coefficient (Wildman–Crippen LogP) is 1.94. The molecule has 2 rings (SSSR count). The molecule has 1 saturated carbocycles. The van der Waals surface area contributed by atoms with Gasteiger partial charge in [0.25, 0.3) is 0 Å². The van der Waals surface area contributed by atoms with Gasteiger partial charge in [0.15, 0.2) is 0 Å². The molecule has 1 aromatic carbocycles. The molecule has 0 radical (unpaired) electrons. The molecule has 4 heteroatoms. The molecular formula is C11H12BClO2. The molecular weight excluding hydrogens is 210 g/mol. The van der Waals surface area contributed by atoms with Gasteiger partial charge in [0.1, 0.15) is 0 Å². The molecule has 0 saturated heterocycles. The zero-order valence-corrected chi connectivity index (χ0v) is 8.98. The maximum absolute atomic E-state index is 8.78. The maximum Gasteiger partial charge on any atom is 0.480 e.